The zero-order valence-electron chi connectivity index (χ0n) is 30.2. The SMILES string of the molecule is COCCOCCOCCOCCOCCOCC(=O)Nc1cccc([C@@H](CN2CCCC2)N(C)C(=O)C(c2ccccc2)c2ccccc2)c1. The summed E-state index contributed by atoms with van der Waals surface area (Å²) in [7, 11) is 3.54. The Kier molecular flexibility index (Phi) is 18.7. The molecule has 3 aromatic carbocycles. The van der Waals surface area contributed by atoms with Crippen LogP contribution in [-0.4, -0.2) is 128 Å². The van der Waals surface area contributed by atoms with Crippen LogP contribution in [0.1, 0.15) is 41.5 Å². The number of anilines is 1. The number of methoxy groups -OCH3 is 1. The van der Waals surface area contributed by atoms with Gasteiger partial charge in [0, 0.05) is 26.4 Å². The molecule has 1 saturated heterocycles. The summed E-state index contributed by atoms with van der Waals surface area (Å²) in [5.41, 5.74) is 3.54. The molecule has 0 radical (unpaired) electrons. The fourth-order valence-corrected chi connectivity index (χ4v) is 5.99. The highest BCUT2D eigenvalue weighted by molar-refractivity contribution is 5.92. The number of nitrogens with one attached hydrogen (secondary N) is 1. The number of carbonyl (C=O) groups excluding carboxylic acids is 2. The van der Waals surface area contributed by atoms with Gasteiger partial charge < -0.3 is 43.5 Å². The van der Waals surface area contributed by atoms with Crippen molar-refractivity contribution in [3.05, 3.63) is 102 Å². The van der Waals surface area contributed by atoms with Gasteiger partial charge in [-0.2, -0.15) is 0 Å². The average molecular weight is 706 g/mol. The molecule has 1 heterocycles. The van der Waals surface area contributed by atoms with Gasteiger partial charge in [-0.05, 0) is 54.8 Å². The predicted molar refractivity (Wildman–Crippen MR) is 197 cm³/mol. The molecule has 1 aliphatic rings. The molecule has 4 rings (SSSR count). The summed E-state index contributed by atoms with van der Waals surface area (Å²) in [6.45, 7) is 7.29. The van der Waals surface area contributed by atoms with Crippen molar-refractivity contribution in [2.75, 3.05) is 112 Å². The molecule has 1 aliphatic heterocycles. The van der Waals surface area contributed by atoms with Crippen LogP contribution in [0, 0.1) is 0 Å². The number of likely N-dealkylation sites (tertiary alicyclic amines) is 1. The van der Waals surface area contributed by atoms with Crippen LogP contribution in [0.2, 0.25) is 0 Å². The molecule has 11 nitrogen and oxygen atoms in total. The zero-order valence-corrected chi connectivity index (χ0v) is 30.2. The van der Waals surface area contributed by atoms with E-state index in [2.05, 4.69) is 10.2 Å². The number of nitrogens with zero attached hydrogens (tertiary/aromatic N) is 2. The summed E-state index contributed by atoms with van der Waals surface area (Å²) in [6.07, 6.45) is 2.30. The Morgan fingerprint density at radius 3 is 1.69 bits per heavy atom. The molecular weight excluding hydrogens is 650 g/mol. The van der Waals surface area contributed by atoms with Gasteiger partial charge in [0.2, 0.25) is 11.8 Å². The van der Waals surface area contributed by atoms with Crippen LogP contribution in [0.4, 0.5) is 5.69 Å². The first-order valence-electron chi connectivity index (χ1n) is 17.9. The van der Waals surface area contributed by atoms with Gasteiger partial charge in [-0.3, -0.25) is 9.59 Å². The fraction of sp³-hybridized carbons (Fsp3) is 0.500. The van der Waals surface area contributed by atoms with E-state index >= 15 is 0 Å². The summed E-state index contributed by atoms with van der Waals surface area (Å²) < 4.78 is 32.3. The molecule has 1 atom stereocenters. The lowest BCUT2D eigenvalue weighted by atomic mass is 9.89. The van der Waals surface area contributed by atoms with Gasteiger partial charge in [-0.1, -0.05) is 72.8 Å². The molecule has 51 heavy (non-hydrogen) atoms. The molecule has 1 N–H and O–H groups in total. The number of amides is 2. The van der Waals surface area contributed by atoms with Crippen LogP contribution < -0.4 is 5.32 Å². The number of likely N-dealkylation sites (N-methyl/N-ethyl adjacent to an activating group) is 1. The monoisotopic (exact) mass is 705 g/mol. The van der Waals surface area contributed by atoms with Crippen molar-refractivity contribution in [3.63, 3.8) is 0 Å². The zero-order chi connectivity index (χ0) is 35.9. The Labute approximate surface area is 303 Å². The van der Waals surface area contributed by atoms with Crippen molar-refractivity contribution in [2.24, 2.45) is 0 Å². The standard InChI is InChI=1S/C40H55N3O8/c1-42(40(45)39(33-12-5-3-6-13-33)34-14-7-4-8-15-34)37(31-43-18-9-10-19-43)35-16-11-17-36(30-35)41-38(44)32-51-29-28-50-27-26-49-25-24-48-23-22-47-21-20-46-2/h3-8,11-17,30,37,39H,9-10,18-29,31-32H2,1-2H3,(H,41,44)/t37-/m1/s1. The first-order chi connectivity index (χ1) is 25.1. The molecule has 2 amide bonds. The third-order valence-electron chi connectivity index (χ3n) is 8.67. The van der Waals surface area contributed by atoms with Crippen molar-refractivity contribution in [3.8, 4) is 0 Å². The second-order valence-electron chi connectivity index (χ2n) is 12.4. The largest absolute Gasteiger partial charge is 0.382 e. The van der Waals surface area contributed by atoms with E-state index in [0.717, 1.165) is 42.6 Å². The molecule has 0 unspecified atom stereocenters. The van der Waals surface area contributed by atoms with Crippen LogP contribution in [0.25, 0.3) is 0 Å². The second kappa shape index (κ2) is 23.7. The summed E-state index contributed by atoms with van der Waals surface area (Å²) in [6, 6.07) is 27.5. The molecule has 0 bridgehead atoms. The van der Waals surface area contributed by atoms with Gasteiger partial charge in [0.1, 0.15) is 6.61 Å². The maximum absolute atomic E-state index is 14.4. The minimum atomic E-state index is -0.433. The smallest absolute Gasteiger partial charge is 0.250 e. The number of benzene rings is 3. The van der Waals surface area contributed by atoms with Gasteiger partial charge in [-0.25, -0.2) is 0 Å². The van der Waals surface area contributed by atoms with Crippen LogP contribution in [0.15, 0.2) is 84.9 Å². The summed E-state index contributed by atoms with van der Waals surface area (Å²) >= 11 is 0. The van der Waals surface area contributed by atoms with E-state index < -0.39 is 5.92 Å². The van der Waals surface area contributed by atoms with Crippen molar-refractivity contribution in [1.82, 2.24) is 9.80 Å². The highest BCUT2D eigenvalue weighted by Crippen LogP contribution is 2.32. The van der Waals surface area contributed by atoms with Gasteiger partial charge in [0.15, 0.2) is 0 Å². The van der Waals surface area contributed by atoms with E-state index in [-0.39, 0.29) is 31.1 Å². The van der Waals surface area contributed by atoms with E-state index in [9.17, 15) is 9.59 Å². The van der Waals surface area contributed by atoms with Crippen molar-refractivity contribution >= 4 is 17.5 Å². The summed E-state index contributed by atoms with van der Waals surface area (Å²) in [4.78, 5) is 31.5. The van der Waals surface area contributed by atoms with Crippen LogP contribution in [0.3, 0.4) is 0 Å². The number of hydrogen-bond donors (Lipinski definition) is 1. The number of carbonyl (C=O) groups is 2. The Bertz CT molecular complexity index is 1350. The Morgan fingerprint density at radius 1 is 0.667 bits per heavy atom. The molecule has 0 aliphatic carbocycles. The minimum Gasteiger partial charge on any atom is -0.382 e. The highest BCUT2D eigenvalue weighted by atomic mass is 16.6. The first-order valence-corrected chi connectivity index (χ1v) is 17.9. The summed E-state index contributed by atoms with van der Waals surface area (Å²) in [5, 5.41) is 2.96. The second-order valence-corrected chi connectivity index (χ2v) is 12.4. The van der Waals surface area contributed by atoms with E-state index in [1.165, 1.54) is 0 Å². The van der Waals surface area contributed by atoms with Gasteiger partial charge in [0.05, 0.1) is 78.0 Å². The predicted octanol–water partition coefficient (Wildman–Crippen LogP) is 4.78. The quantitative estimate of drug-likeness (QED) is 0.125. The molecule has 1 fully saturated rings. The van der Waals surface area contributed by atoms with E-state index in [0.29, 0.717) is 71.7 Å². The molecule has 0 aromatic heterocycles. The highest BCUT2D eigenvalue weighted by Gasteiger charge is 2.32. The maximum Gasteiger partial charge on any atom is 0.250 e. The van der Waals surface area contributed by atoms with Crippen LogP contribution in [0.5, 0.6) is 0 Å². The third-order valence-corrected chi connectivity index (χ3v) is 8.67. The van der Waals surface area contributed by atoms with Gasteiger partial charge in [-0.15, -0.1) is 0 Å². The third kappa shape index (κ3) is 14.5. The van der Waals surface area contributed by atoms with Gasteiger partial charge >= 0.3 is 0 Å². The average Bonchev–Trinajstić information content (AvgIpc) is 3.68. The van der Waals surface area contributed by atoms with Crippen molar-refractivity contribution < 1.29 is 38.0 Å². The number of ether oxygens (including phenoxy) is 6. The molecule has 0 saturated carbocycles. The fourth-order valence-electron chi connectivity index (χ4n) is 5.99. The van der Waals surface area contributed by atoms with Crippen molar-refractivity contribution in [2.45, 2.75) is 24.8 Å². The van der Waals surface area contributed by atoms with Crippen LogP contribution >= 0.6 is 0 Å². The molecule has 11 heteroatoms. The Balaban J connectivity index is 1.23. The van der Waals surface area contributed by atoms with Gasteiger partial charge in [0.25, 0.3) is 0 Å². The lowest BCUT2D eigenvalue weighted by Crippen LogP contribution is -2.41. The lowest BCUT2D eigenvalue weighted by molar-refractivity contribution is -0.133. The molecule has 278 valence electrons. The number of hydrogen-bond acceptors (Lipinski definition) is 9. The Hall–Kier alpha value is -3.68. The number of rotatable bonds is 25. The van der Waals surface area contributed by atoms with E-state index in [1.807, 2.05) is 96.9 Å². The topological polar surface area (TPSA) is 108 Å². The summed E-state index contributed by atoms with van der Waals surface area (Å²) in [5.74, 6) is -0.664. The van der Waals surface area contributed by atoms with E-state index in [1.54, 1.807) is 7.11 Å². The van der Waals surface area contributed by atoms with Crippen LogP contribution in [-0.2, 0) is 38.0 Å². The van der Waals surface area contributed by atoms with Crippen molar-refractivity contribution in [1.29, 1.82) is 0 Å². The molecule has 3 aromatic rings. The molecular formula is C40H55N3O8. The Morgan fingerprint density at radius 2 is 1.16 bits per heavy atom. The molecule has 0 spiro atoms. The normalized spacial score (nSPS) is 13.8. The minimum absolute atomic E-state index is 0.0258. The van der Waals surface area contributed by atoms with E-state index in [4.69, 9.17) is 28.4 Å². The maximum atomic E-state index is 14.4. The first kappa shape index (κ1) is 40.1. The lowest BCUT2D eigenvalue weighted by Gasteiger charge is -2.34.